The van der Waals surface area contributed by atoms with Crippen LogP contribution in [0.3, 0.4) is 0 Å². The van der Waals surface area contributed by atoms with Gasteiger partial charge >= 0.3 is 0 Å². The number of fused-ring (bicyclic) bond motifs is 1. The number of nitrogens with zero attached hydrogens (tertiary/aromatic N) is 2. The molecule has 0 bridgehead atoms. The van der Waals surface area contributed by atoms with Gasteiger partial charge in [0, 0.05) is 18.0 Å². The Morgan fingerprint density at radius 3 is 2.48 bits per heavy atom. The monoisotopic (exact) mass is 296 g/mol. The number of hydrogen-bond donors (Lipinski definition) is 0. The van der Waals surface area contributed by atoms with Crippen molar-refractivity contribution in [3.63, 3.8) is 0 Å². The van der Waals surface area contributed by atoms with Gasteiger partial charge in [0.2, 0.25) is 0 Å². The number of aromatic nitrogens is 1. The van der Waals surface area contributed by atoms with Crippen molar-refractivity contribution in [1.29, 1.82) is 0 Å². The molecule has 0 spiro atoms. The van der Waals surface area contributed by atoms with Gasteiger partial charge in [-0.15, -0.1) is 0 Å². The number of rotatable bonds is 3. The first-order chi connectivity index (χ1) is 10.2. The van der Waals surface area contributed by atoms with Crippen LogP contribution in [0.15, 0.2) is 76.3 Å². The Hall–Kier alpha value is -2.53. The fourth-order valence-electron chi connectivity index (χ4n) is 2.04. The van der Waals surface area contributed by atoms with Crippen LogP contribution in [0, 0.1) is 0 Å². The molecule has 0 fully saturated rings. The average molecular weight is 296 g/mol. The normalized spacial score (nSPS) is 12.0. The fraction of sp³-hybridized carbons (Fsp3) is 0. The van der Waals surface area contributed by atoms with E-state index in [0.717, 1.165) is 16.3 Å². The maximum atomic E-state index is 12.1. The van der Waals surface area contributed by atoms with Crippen molar-refractivity contribution in [2.24, 2.45) is 4.40 Å². The Balaban J connectivity index is 2.03. The Labute approximate surface area is 122 Å². The summed E-state index contributed by atoms with van der Waals surface area (Å²) in [6.07, 6.45) is 2.80. The molecule has 0 radical (unpaired) electrons. The first-order valence-electron chi connectivity index (χ1n) is 6.36. The topological polar surface area (TPSA) is 59.4 Å². The first kappa shape index (κ1) is 13.5. The van der Waals surface area contributed by atoms with Crippen LogP contribution in [-0.2, 0) is 10.0 Å². The minimum Gasteiger partial charge on any atom is -0.243 e. The number of benzene rings is 2. The van der Waals surface area contributed by atoms with Crippen molar-refractivity contribution in [1.82, 2.24) is 4.98 Å². The van der Waals surface area contributed by atoms with Crippen LogP contribution in [0.1, 0.15) is 5.56 Å². The van der Waals surface area contributed by atoms with Gasteiger partial charge in [0.25, 0.3) is 10.0 Å². The second-order valence-electron chi connectivity index (χ2n) is 4.45. The third-order valence-corrected chi connectivity index (χ3v) is 4.21. The van der Waals surface area contributed by atoms with E-state index < -0.39 is 10.0 Å². The minimum absolute atomic E-state index is 0.0542. The zero-order valence-corrected chi connectivity index (χ0v) is 11.9. The van der Waals surface area contributed by atoms with Gasteiger partial charge in [0.15, 0.2) is 5.03 Å². The standard InChI is InChI=1S/C16H12N2O2S/c19-21(20,16-10-3-4-11-17-16)18-12-14-8-5-7-13-6-1-2-9-15(13)14/h1-12H/b18-12+. The van der Waals surface area contributed by atoms with Gasteiger partial charge in [-0.3, -0.25) is 0 Å². The molecule has 104 valence electrons. The molecule has 2 aromatic carbocycles. The Morgan fingerprint density at radius 1 is 0.905 bits per heavy atom. The summed E-state index contributed by atoms with van der Waals surface area (Å²) >= 11 is 0. The lowest BCUT2D eigenvalue weighted by atomic mass is 10.1. The smallest absolute Gasteiger partial charge is 0.243 e. The maximum absolute atomic E-state index is 12.1. The molecule has 5 heteroatoms. The van der Waals surface area contributed by atoms with E-state index >= 15 is 0 Å². The highest BCUT2D eigenvalue weighted by Crippen LogP contribution is 2.17. The highest BCUT2D eigenvalue weighted by molar-refractivity contribution is 7.90. The summed E-state index contributed by atoms with van der Waals surface area (Å²) in [6.45, 7) is 0. The zero-order chi connectivity index (χ0) is 14.7. The van der Waals surface area contributed by atoms with E-state index in [1.54, 1.807) is 12.1 Å². The lowest BCUT2D eigenvalue weighted by molar-refractivity contribution is 0.594. The molecular formula is C16H12N2O2S. The molecule has 0 aliphatic heterocycles. The van der Waals surface area contributed by atoms with E-state index in [4.69, 9.17) is 0 Å². The molecule has 0 aliphatic rings. The van der Waals surface area contributed by atoms with Gasteiger partial charge in [-0.25, -0.2) is 4.98 Å². The SMILES string of the molecule is O=S(=O)(/N=C/c1cccc2ccccc12)c1ccccn1. The van der Waals surface area contributed by atoms with E-state index in [-0.39, 0.29) is 5.03 Å². The lowest BCUT2D eigenvalue weighted by Crippen LogP contribution is -2.00. The third kappa shape index (κ3) is 2.83. The van der Waals surface area contributed by atoms with Crippen LogP contribution >= 0.6 is 0 Å². The summed E-state index contributed by atoms with van der Waals surface area (Å²) in [4.78, 5) is 3.82. The molecule has 3 aromatic rings. The molecule has 0 saturated carbocycles. The van der Waals surface area contributed by atoms with Crippen LogP contribution in [-0.4, -0.2) is 19.6 Å². The first-order valence-corrected chi connectivity index (χ1v) is 7.80. The summed E-state index contributed by atoms with van der Waals surface area (Å²) in [5.74, 6) is 0. The molecule has 0 N–H and O–H groups in total. The highest BCUT2D eigenvalue weighted by Gasteiger charge is 2.12. The van der Waals surface area contributed by atoms with Crippen LogP contribution < -0.4 is 0 Å². The molecular weight excluding hydrogens is 284 g/mol. The molecule has 0 atom stereocenters. The van der Waals surface area contributed by atoms with Crippen LogP contribution in [0.2, 0.25) is 0 Å². The van der Waals surface area contributed by atoms with Gasteiger partial charge < -0.3 is 0 Å². The molecule has 3 rings (SSSR count). The van der Waals surface area contributed by atoms with Crippen molar-refractivity contribution < 1.29 is 8.42 Å². The average Bonchev–Trinajstić information content (AvgIpc) is 2.54. The molecule has 1 heterocycles. The molecule has 0 unspecified atom stereocenters. The fourth-order valence-corrected chi connectivity index (χ4v) is 2.85. The largest absolute Gasteiger partial charge is 0.299 e. The summed E-state index contributed by atoms with van der Waals surface area (Å²) in [5.41, 5.74) is 0.757. The molecule has 0 saturated heterocycles. The predicted molar refractivity (Wildman–Crippen MR) is 83.0 cm³/mol. The quantitative estimate of drug-likeness (QED) is 0.698. The highest BCUT2D eigenvalue weighted by atomic mass is 32.2. The summed E-state index contributed by atoms with van der Waals surface area (Å²) in [5, 5.41) is 1.94. The van der Waals surface area contributed by atoms with E-state index in [1.807, 2.05) is 42.5 Å². The molecule has 4 nitrogen and oxygen atoms in total. The van der Waals surface area contributed by atoms with Crippen molar-refractivity contribution in [3.8, 4) is 0 Å². The van der Waals surface area contributed by atoms with Crippen LogP contribution in [0.25, 0.3) is 10.8 Å². The number of sulfonamides is 1. The van der Waals surface area contributed by atoms with Crippen LogP contribution in [0.5, 0.6) is 0 Å². The number of pyridine rings is 1. The summed E-state index contributed by atoms with van der Waals surface area (Å²) in [6, 6.07) is 18.1. The maximum Gasteiger partial charge on any atom is 0.299 e. The van der Waals surface area contributed by atoms with E-state index in [9.17, 15) is 8.42 Å². The Morgan fingerprint density at radius 2 is 1.67 bits per heavy atom. The molecule has 1 aromatic heterocycles. The minimum atomic E-state index is -3.77. The van der Waals surface area contributed by atoms with E-state index in [1.165, 1.54) is 18.5 Å². The van der Waals surface area contributed by atoms with Crippen LogP contribution in [0.4, 0.5) is 0 Å². The van der Waals surface area contributed by atoms with Gasteiger partial charge in [0.1, 0.15) is 0 Å². The zero-order valence-electron chi connectivity index (χ0n) is 11.0. The Bertz CT molecular complexity index is 898. The predicted octanol–water partition coefficient (Wildman–Crippen LogP) is 3.04. The Kier molecular flexibility index (Phi) is 3.50. The van der Waals surface area contributed by atoms with Gasteiger partial charge in [-0.05, 0) is 22.9 Å². The third-order valence-electron chi connectivity index (χ3n) is 3.06. The van der Waals surface area contributed by atoms with Gasteiger partial charge in [-0.1, -0.05) is 48.5 Å². The second kappa shape index (κ2) is 5.46. The summed E-state index contributed by atoms with van der Waals surface area (Å²) in [7, 11) is -3.77. The van der Waals surface area contributed by atoms with E-state index in [2.05, 4.69) is 9.38 Å². The van der Waals surface area contributed by atoms with E-state index in [0.29, 0.717) is 0 Å². The number of hydrogen-bond acceptors (Lipinski definition) is 3. The van der Waals surface area contributed by atoms with Gasteiger partial charge in [-0.2, -0.15) is 12.8 Å². The van der Waals surface area contributed by atoms with Crippen molar-refractivity contribution >= 4 is 27.0 Å². The molecule has 0 amide bonds. The van der Waals surface area contributed by atoms with Crippen molar-refractivity contribution in [2.45, 2.75) is 5.03 Å². The van der Waals surface area contributed by atoms with Gasteiger partial charge in [0.05, 0.1) is 0 Å². The summed E-state index contributed by atoms with van der Waals surface area (Å²) < 4.78 is 27.9. The van der Waals surface area contributed by atoms with Crippen molar-refractivity contribution in [3.05, 3.63) is 72.4 Å². The molecule has 0 aliphatic carbocycles. The van der Waals surface area contributed by atoms with Crippen molar-refractivity contribution in [2.75, 3.05) is 0 Å². The second-order valence-corrected chi connectivity index (χ2v) is 6.03. The molecule has 21 heavy (non-hydrogen) atoms. The lowest BCUT2D eigenvalue weighted by Gasteiger charge is -2.01.